The molecule has 0 saturated carbocycles. The van der Waals surface area contributed by atoms with E-state index in [0.29, 0.717) is 24.8 Å². The molecule has 0 spiro atoms. The second-order valence-electron chi connectivity index (χ2n) is 10.8. The number of nitrogens with zero attached hydrogens (tertiary/aromatic N) is 4. The van der Waals surface area contributed by atoms with E-state index in [-0.39, 0.29) is 23.5 Å². The lowest BCUT2D eigenvalue weighted by Gasteiger charge is -2.34. The normalized spacial score (nSPS) is 16.2. The molecule has 1 saturated heterocycles. The molecule has 37 heavy (non-hydrogen) atoms. The number of carbonyl (C=O) groups is 2. The van der Waals surface area contributed by atoms with E-state index in [9.17, 15) is 14.7 Å². The SMILES string of the molecule is CC(C)Cc1cc(Nc2ncc(-c3cccs3)cc2C(=O)O)nn1C1CCCN(C(=O)OC(C)(C)C)C1. The summed E-state index contributed by atoms with van der Waals surface area (Å²) in [6, 6.07) is 7.44. The first-order valence-corrected chi connectivity index (χ1v) is 13.5. The molecule has 0 bridgehead atoms. The number of likely N-dealkylation sites (tertiary alicyclic amines) is 1. The Hall–Kier alpha value is -3.40. The summed E-state index contributed by atoms with van der Waals surface area (Å²) < 4.78 is 7.58. The highest BCUT2D eigenvalue weighted by atomic mass is 32.1. The molecule has 4 heterocycles. The van der Waals surface area contributed by atoms with Crippen LogP contribution in [0.15, 0.2) is 35.8 Å². The molecule has 1 atom stereocenters. The molecule has 0 aliphatic carbocycles. The molecule has 198 valence electrons. The molecule has 1 unspecified atom stereocenters. The van der Waals surface area contributed by atoms with Crippen molar-refractivity contribution in [3.8, 4) is 10.4 Å². The van der Waals surface area contributed by atoms with E-state index >= 15 is 0 Å². The van der Waals surface area contributed by atoms with Crippen LogP contribution >= 0.6 is 11.3 Å². The van der Waals surface area contributed by atoms with E-state index in [1.165, 1.54) is 11.3 Å². The fraction of sp³-hybridized carbons (Fsp3) is 0.481. The predicted octanol–water partition coefficient (Wildman–Crippen LogP) is 6.22. The summed E-state index contributed by atoms with van der Waals surface area (Å²) >= 11 is 1.53. The number of rotatable bonds is 7. The van der Waals surface area contributed by atoms with E-state index < -0.39 is 11.6 Å². The first kappa shape index (κ1) is 26.7. The molecule has 1 aliphatic rings. The van der Waals surface area contributed by atoms with E-state index in [4.69, 9.17) is 9.84 Å². The largest absolute Gasteiger partial charge is 0.478 e. The van der Waals surface area contributed by atoms with Crippen LogP contribution in [0.3, 0.4) is 0 Å². The lowest BCUT2D eigenvalue weighted by atomic mass is 10.0. The van der Waals surface area contributed by atoms with Crippen molar-refractivity contribution in [1.82, 2.24) is 19.7 Å². The third-order valence-electron chi connectivity index (χ3n) is 5.99. The number of nitrogens with one attached hydrogen (secondary N) is 1. The molecule has 3 aromatic rings. The first-order chi connectivity index (χ1) is 17.5. The van der Waals surface area contributed by atoms with Gasteiger partial charge in [-0.1, -0.05) is 19.9 Å². The van der Waals surface area contributed by atoms with Crippen molar-refractivity contribution in [1.29, 1.82) is 0 Å². The highest BCUT2D eigenvalue weighted by Crippen LogP contribution is 2.30. The van der Waals surface area contributed by atoms with Gasteiger partial charge < -0.3 is 20.1 Å². The summed E-state index contributed by atoms with van der Waals surface area (Å²) in [5.41, 5.74) is 1.32. The zero-order valence-electron chi connectivity index (χ0n) is 22.0. The monoisotopic (exact) mass is 525 g/mol. The fourth-order valence-electron chi connectivity index (χ4n) is 4.45. The molecule has 3 aromatic heterocycles. The minimum atomic E-state index is -1.06. The van der Waals surface area contributed by atoms with Crippen LogP contribution in [-0.2, 0) is 11.2 Å². The van der Waals surface area contributed by atoms with Crippen LogP contribution in [0.4, 0.5) is 16.4 Å². The van der Waals surface area contributed by atoms with E-state index in [0.717, 1.165) is 35.4 Å². The minimum Gasteiger partial charge on any atom is -0.478 e. The van der Waals surface area contributed by atoms with Gasteiger partial charge in [0.1, 0.15) is 17.0 Å². The number of anilines is 2. The van der Waals surface area contributed by atoms with Gasteiger partial charge in [0, 0.05) is 41.5 Å². The van der Waals surface area contributed by atoms with Crippen molar-refractivity contribution in [3.05, 3.63) is 47.1 Å². The maximum atomic E-state index is 12.7. The van der Waals surface area contributed by atoms with Gasteiger partial charge >= 0.3 is 12.1 Å². The number of ether oxygens (including phenoxy) is 1. The molecular formula is C27H35N5O4S. The van der Waals surface area contributed by atoms with Crippen LogP contribution in [-0.4, -0.2) is 55.5 Å². The lowest BCUT2D eigenvalue weighted by molar-refractivity contribution is 0.0165. The second kappa shape index (κ2) is 10.9. The van der Waals surface area contributed by atoms with Crippen molar-refractivity contribution in [2.75, 3.05) is 18.4 Å². The minimum absolute atomic E-state index is 0.00123. The number of carboxylic acids is 1. The summed E-state index contributed by atoms with van der Waals surface area (Å²) in [6.07, 6.45) is 3.90. The molecule has 0 aromatic carbocycles. The second-order valence-corrected chi connectivity index (χ2v) is 11.8. The number of aromatic carboxylic acids is 1. The Morgan fingerprint density at radius 2 is 2.08 bits per heavy atom. The number of aromatic nitrogens is 3. The van der Waals surface area contributed by atoms with Gasteiger partial charge in [-0.3, -0.25) is 4.68 Å². The van der Waals surface area contributed by atoms with Gasteiger partial charge in [0.2, 0.25) is 0 Å². The zero-order chi connectivity index (χ0) is 26.7. The molecule has 4 rings (SSSR count). The number of piperidine rings is 1. The quantitative estimate of drug-likeness (QED) is 0.377. The number of amides is 1. The Kier molecular flexibility index (Phi) is 7.87. The number of hydrogen-bond donors (Lipinski definition) is 2. The van der Waals surface area contributed by atoms with Crippen molar-refractivity contribution in [2.45, 2.75) is 65.5 Å². The number of pyridine rings is 1. The van der Waals surface area contributed by atoms with Crippen molar-refractivity contribution in [2.24, 2.45) is 5.92 Å². The van der Waals surface area contributed by atoms with E-state index in [2.05, 4.69) is 24.1 Å². The molecule has 0 radical (unpaired) electrons. The van der Waals surface area contributed by atoms with Crippen molar-refractivity contribution < 1.29 is 19.4 Å². The van der Waals surface area contributed by atoms with Crippen LogP contribution in [0.25, 0.3) is 10.4 Å². The lowest BCUT2D eigenvalue weighted by Crippen LogP contribution is -2.43. The third-order valence-corrected chi connectivity index (χ3v) is 6.91. The number of carbonyl (C=O) groups excluding carboxylic acids is 1. The standard InChI is InChI=1S/C27H35N5O4S/c1-17(2)12-20-14-23(29-24-21(25(33)34)13-18(15-28-24)22-9-7-11-37-22)30-32(20)19-8-6-10-31(16-19)26(35)36-27(3,4)5/h7,9,11,13-15,17,19H,6,8,10,12,16H2,1-5H3,(H,33,34)(H,28,29,30). The van der Waals surface area contributed by atoms with Gasteiger partial charge in [-0.25, -0.2) is 14.6 Å². The molecule has 1 fully saturated rings. The highest BCUT2D eigenvalue weighted by molar-refractivity contribution is 7.13. The average molecular weight is 526 g/mol. The summed E-state index contributed by atoms with van der Waals surface area (Å²) in [5.74, 6) is 0.110. The maximum absolute atomic E-state index is 12.7. The van der Waals surface area contributed by atoms with Crippen LogP contribution in [0.5, 0.6) is 0 Å². The summed E-state index contributed by atoms with van der Waals surface area (Å²) in [5, 5.41) is 19.8. The van der Waals surface area contributed by atoms with E-state index in [1.54, 1.807) is 17.2 Å². The van der Waals surface area contributed by atoms with Crippen LogP contribution < -0.4 is 5.32 Å². The van der Waals surface area contributed by atoms with Gasteiger partial charge in [0.25, 0.3) is 0 Å². The van der Waals surface area contributed by atoms with Gasteiger partial charge in [0.15, 0.2) is 5.82 Å². The Balaban J connectivity index is 1.60. The fourth-order valence-corrected chi connectivity index (χ4v) is 5.16. The summed E-state index contributed by atoms with van der Waals surface area (Å²) in [7, 11) is 0. The zero-order valence-corrected chi connectivity index (χ0v) is 22.8. The van der Waals surface area contributed by atoms with E-state index in [1.807, 2.05) is 49.0 Å². The molecule has 10 heteroatoms. The highest BCUT2D eigenvalue weighted by Gasteiger charge is 2.30. The summed E-state index contributed by atoms with van der Waals surface area (Å²) in [6.45, 7) is 11.0. The Bertz CT molecular complexity index is 1250. The van der Waals surface area contributed by atoms with Crippen LogP contribution in [0.2, 0.25) is 0 Å². The Morgan fingerprint density at radius 1 is 1.30 bits per heavy atom. The predicted molar refractivity (Wildman–Crippen MR) is 145 cm³/mol. The van der Waals surface area contributed by atoms with Crippen LogP contribution in [0, 0.1) is 5.92 Å². The van der Waals surface area contributed by atoms with Gasteiger partial charge in [-0.05, 0) is 63.5 Å². The smallest absolute Gasteiger partial charge is 0.410 e. The first-order valence-electron chi connectivity index (χ1n) is 12.6. The average Bonchev–Trinajstić information content (AvgIpc) is 3.48. The van der Waals surface area contributed by atoms with Gasteiger partial charge in [-0.15, -0.1) is 11.3 Å². The molecule has 2 N–H and O–H groups in total. The van der Waals surface area contributed by atoms with Crippen molar-refractivity contribution in [3.63, 3.8) is 0 Å². The Morgan fingerprint density at radius 3 is 2.73 bits per heavy atom. The maximum Gasteiger partial charge on any atom is 0.410 e. The van der Waals surface area contributed by atoms with Gasteiger partial charge in [-0.2, -0.15) is 5.10 Å². The molecule has 1 amide bonds. The molecule has 1 aliphatic heterocycles. The molecular weight excluding hydrogens is 490 g/mol. The topological polar surface area (TPSA) is 110 Å². The Labute approximate surface area is 221 Å². The number of hydrogen-bond acceptors (Lipinski definition) is 7. The molecule has 9 nitrogen and oxygen atoms in total. The number of thiophene rings is 1. The number of carboxylic acid groups (broad SMARTS) is 1. The van der Waals surface area contributed by atoms with Gasteiger partial charge in [0.05, 0.1) is 6.04 Å². The van der Waals surface area contributed by atoms with Crippen molar-refractivity contribution >= 4 is 35.0 Å². The summed E-state index contributed by atoms with van der Waals surface area (Å²) in [4.78, 5) is 31.9. The van der Waals surface area contributed by atoms with Crippen LogP contribution in [0.1, 0.15) is 69.6 Å². The third kappa shape index (κ3) is 6.68.